The Balaban J connectivity index is 2.00. The number of benzene rings is 1. The SMILES string of the molecule is CC(C)C[C@H](N)C(=O)N1CCC[C@H]1C(=O)Oc1ccccc1. The first-order valence-electron chi connectivity index (χ1n) is 7.82. The zero-order chi connectivity index (χ0) is 16.1. The molecular weight excluding hydrogens is 280 g/mol. The van der Waals surface area contributed by atoms with Crippen LogP contribution in [0.4, 0.5) is 0 Å². The highest BCUT2D eigenvalue weighted by molar-refractivity contribution is 5.88. The van der Waals surface area contributed by atoms with Crippen LogP contribution in [0, 0.1) is 5.92 Å². The predicted octanol–water partition coefficient (Wildman–Crippen LogP) is 1.96. The van der Waals surface area contributed by atoms with E-state index < -0.39 is 12.1 Å². The van der Waals surface area contributed by atoms with Crippen molar-refractivity contribution in [3.8, 4) is 5.75 Å². The van der Waals surface area contributed by atoms with Crippen molar-refractivity contribution < 1.29 is 14.3 Å². The maximum atomic E-state index is 12.4. The minimum absolute atomic E-state index is 0.152. The molecule has 1 aliphatic rings. The first-order chi connectivity index (χ1) is 10.5. The summed E-state index contributed by atoms with van der Waals surface area (Å²) in [6.07, 6.45) is 2.05. The van der Waals surface area contributed by atoms with Crippen molar-refractivity contribution in [3.05, 3.63) is 30.3 Å². The molecule has 120 valence electrons. The van der Waals surface area contributed by atoms with E-state index in [1.807, 2.05) is 19.9 Å². The minimum atomic E-state index is -0.551. The number of ether oxygens (including phenoxy) is 1. The molecule has 0 aliphatic carbocycles. The Bertz CT molecular complexity index is 516. The summed E-state index contributed by atoms with van der Waals surface area (Å²) in [4.78, 5) is 26.3. The number of nitrogens with zero attached hydrogens (tertiary/aromatic N) is 1. The molecule has 1 amide bonds. The Morgan fingerprint density at radius 2 is 2.00 bits per heavy atom. The lowest BCUT2D eigenvalue weighted by Crippen LogP contribution is -2.49. The van der Waals surface area contributed by atoms with Crippen molar-refractivity contribution in [1.29, 1.82) is 0 Å². The highest BCUT2D eigenvalue weighted by Crippen LogP contribution is 2.22. The van der Waals surface area contributed by atoms with E-state index >= 15 is 0 Å². The number of esters is 1. The first-order valence-corrected chi connectivity index (χ1v) is 7.82. The van der Waals surface area contributed by atoms with Gasteiger partial charge in [0.2, 0.25) is 5.91 Å². The first kappa shape index (κ1) is 16.5. The van der Waals surface area contributed by atoms with E-state index in [4.69, 9.17) is 10.5 Å². The molecule has 5 nitrogen and oxygen atoms in total. The molecule has 0 aromatic heterocycles. The van der Waals surface area contributed by atoms with Crippen LogP contribution < -0.4 is 10.5 Å². The molecule has 1 heterocycles. The van der Waals surface area contributed by atoms with Gasteiger partial charge in [-0.25, -0.2) is 4.79 Å². The van der Waals surface area contributed by atoms with Crippen molar-refractivity contribution in [2.45, 2.75) is 45.2 Å². The number of hydrogen-bond acceptors (Lipinski definition) is 4. The summed E-state index contributed by atoms with van der Waals surface area (Å²) in [6.45, 7) is 4.62. The number of nitrogens with two attached hydrogens (primary N) is 1. The van der Waals surface area contributed by atoms with Crippen molar-refractivity contribution in [1.82, 2.24) is 4.90 Å². The monoisotopic (exact) mass is 304 g/mol. The second kappa shape index (κ2) is 7.40. The summed E-state index contributed by atoms with van der Waals surface area (Å²) in [5, 5.41) is 0. The van der Waals surface area contributed by atoms with E-state index in [-0.39, 0.29) is 11.9 Å². The van der Waals surface area contributed by atoms with Gasteiger partial charge in [-0.3, -0.25) is 4.79 Å². The summed E-state index contributed by atoms with van der Waals surface area (Å²) in [7, 11) is 0. The Hall–Kier alpha value is -1.88. The zero-order valence-corrected chi connectivity index (χ0v) is 13.2. The Morgan fingerprint density at radius 3 is 2.64 bits per heavy atom. The van der Waals surface area contributed by atoms with E-state index in [1.54, 1.807) is 29.2 Å². The van der Waals surface area contributed by atoms with Gasteiger partial charge in [0.05, 0.1) is 6.04 Å². The molecule has 1 aromatic rings. The minimum Gasteiger partial charge on any atom is -0.425 e. The van der Waals surface area contributed by atoms with Gasteiger partial charge in [0, 0.05) is 6.54 Å². The number of hydrogen-bond donors (Lipinski definition) is 1. The fourth-order valence-electron chi connectivity index (χ4n) is 2.77. The van der Waals surface area contributed by atoms with Crippen molar-refractivity contribution >= 4 is 11.9 Å². The van der Waals surface area contributed by atoms with Crippen LogP contribution in [0.5, 0.6) is 5.75 Å². The molecule has 2 rings (SSSR count). The van der Waals surface area contributed by atoms with Crippen LogP contribution in [-0.4, -0.2) is 35.4 Å². The van der Waals surface area contributed by atoms with Gasteiger partial charge < -0.3 is 15.4 Å². The van der Waals surface area contributed by atoms with Crippen molar-refractivity contribution in [2.75, 3.05) is 6.54 Å². The largest absolute Gasteiger partial charge is 0.425 e. The summed E-state index contributed by atoms with van der Waals surface area (Å²) >= 11 is 0. The fourth-order valence-corrected chi connectivity index (χ4v) is 2.77. The number of carbonyl (C=O) groups excluding carboxylic acids is 2. The van der Waals surface area contributed by atoms with Gasteiger partial charge in [-0.2, -0.15) is 0 Å². The van der Waals surface area contributed by atoms with Gasteiger partial charge >= 0.3 is 5.97 Å². The van der Waals surface area contributed by atoms with Gasteiger partial charge in [0.1, 0.15) is 11.8 Å². The van der Waals surface area contributed by atoms with E-state index in [0.29, 0.717) is 31.1 Å². The lowest BCUT2D eigenvalue weighted by Gasteiger charge is -2.26. The summed E-state index contributed by atoms with van der Waals surface area (Å²) in [5.41, 5.74) is 5.97. The van der Waals surface area contributed by atoms with E-state index in [0.717, 1.165) is 6.42 Å². The van der Waals surface area contributed by atoms with Crippen molar-refractivity contribution in [3.63, 3.8) is 0 Å². The van der Waals surface area contributed by atoms with Gasteiger partial charge in [0.15, 0.2) is 0 Å². The molecule has 1 aliphatic heterocycles. The van der Waals surface area contributed by atoms with Gasteiger partial charge in [0.25, 0.3) is 0 Å². The second-order valence-corrected chi connectivity index (χ2v) is 6.16. The van der Waals surface area contributed by atoms with Crippen LogP contribution >= 0.6 is 0 Å². The molecule has 2 atom stereocenters. The third-order valence-electron chi connectivity index (χ3n) is 3.81. The molecule has 2 N–H and O–H groups in total. The standard InChI is InChI=1S/C17H24N2O3/c1-12(2)11-14(18)16(20)19-10-6-9-15(19)17(21)22-13-7-4-3-5-8-13/h3-5,7-8,12,14-15H,6,9-11,18H2,1-2H3/t14-,15-/m0/s1. The third kappa shape index (κ3) is 4.07. The average molecular weight is 304 g/mol. The molecule has 1 fully saturated rings. The molecule has 22 heavy (non-hydrogen) atoms. The Kier molecular flexibility index (Phi) is 5.55. The highest BCUT2D eigenvalue weighted by atomic mass is 16.5. The lowest BCUT2D eigenvalue weighted by molar-refractivity contribution is -0.146. The molecule has 1 aromatic carbocycles. The maximum absolute atomic E-state index is 12.4. The fraction of sp³-hybridized carbons (Fsp3) is 0.529. The molecule has 5 heteroatoms. The quantitative estimate of drug-likeness (QED) is 0.666. The van der Waals surface area contributed by atoms with Gasteiger partial charge in [-0.1, -0.05) is 32.0 Å². The van der Waals surface area contributed by atoms with Crippen LogP contribution in [0.25, 0.3) is 0 Å². The molecule has 0 saturated carbocycles. The lowest BCUT2D eigenvalue weighted by atomic mass is 10.0. The summed E-state index contributed by atoms with van der Waals surface area (Å²) < 4.78 is 5.37. The Morgan fingerprint density at radius 1 is 1.32 bits per heavy atom. The summed E-state index contributed by atoms with van der Waals surface area (Å²) in [5.74, 6) is 0.310. The van der Waals surface area contributed by atoms with Crippen LogP contribution in [-0.2, 0) is 9.59 Å². The van der Waals surface area contributed by atoms with E-state index in [2.05, 4.69) is 0 Å². The number of likely N-dealkylation sites (tertiary alicyclic amines) is 1. The molecule has 0 radical (unpaired) electrons. The number of amides is 1. The van der Waals surface area contributed by atoms with Crippen LogP contribution in [0.3, 0.4) is 0 Å². The van der Waals surface area contributed by atoms with E-state index in [9.17, 15) is 9.59 Å². The molecule has 0 spiro atoms. The zero-order valence-electron chi connectivity index (χ0n) is 13.2. The highest BCUT2D eigenvalue weighted by Gasteiger charge is 2.37. The van der Waals surface area contributed by atoms with Gasteiger partial charge in [-0.05, 0) is 37.3 Å². The van der Waals surface area contributed by atoms with Crippen LogP contribution in [0.15, 0.2) is 30.3 Å². The van der Waals surface area contributed by atoms with Crippen molar-refractivity contribution in [2.24, 2.45) is 11.7 Å². The summed E-state index contributed by atoms with van der Waals surface area (Å²) in [6, 6.07) is 7.84. The Labute approximate surface area is 131 Å². The molecular formula is C17H24N2O3. The van der Waals surface area contributed by atoms with Gasteiger partial charge in [-0.15, -0.1) is 0 Å². The van der Waals surface area contributed by atoms with Crippen LogP contribution in [0.2, 0.25) is 0 Å². The predicted molar refractivity (Wildman–Crippen MR) is 84.2 cm³/mol. The number of para-hydroxylation sites is 1. The normalized spacial score (nSPS) is 19.3. The van der Waals surface area contributed by atoms with E-state index in [1.165, 1.54) is 0 Å². The number of carbonyl (C=O) groups is 2. The average Bonchev–Trinajstić information content (AvgIpc) is 2.96. The third-order valence-corrected chi connectivity index (χ3v) is 3.81. The molecule has 0 unspecified atom stereocenters. The second-order valence-electron chi connectivity index (χ2n) is 6.16. The smallest absolute Gasteiger partial charge is 0.334 e. The molecule has 1 saturated heterocycles. The molecule has 0 bridgehead atoms. The number of rotatable bonds is 5. The van der Waals surface area contributed by atoms with Crippen LogP contribution in [0.1, 0.15) is 33.1 Å². The maximum Gasteiger partial charge on any atom is 0.334 e. The topological polar surface area (TPSA) is 72.6 Å².